The van der Waals surface area contributed by atoms with E-state index in [-0.39, 0.29) is 5.56 Å². The van der Waals surface area contributed by atoms with E-state index < -0.39 is 24.9 Å². The van der Waals surface area contributed by atoms with Crippen LogP contribution in [-0.4, -0.2) is 57.1 Å². The summed E-state index contributed by atoms with van der Waals surface area (Å²) in [7, 11) is 3.80. The fourth-order valence-electron chi connectivity index (χ4n) is 1.50. The molecule has 1 aromatic carbocycles. The van der Waals surface area contributed by atoms with Crippen molar-refractivity contribution in [2.75, 3.05) is 40.3 Å². The number of carbonyl (C=O) groups excluding carboxylic acids is 1. The second-order valence-electron chi connectivity index (χ2n) is 4.89. The summed E-state index contributed by atoms with van der Waals surface area (Å²) >= 11 is 0. The summed E-state index contributed by atoms with van der Waals surface area (Å²) in [6, 6.07) is 6.53. The number of likely N-dealkylation sites (N-methyl/N-ethyl adjacent to an activating group) is 1. The lowest BCUT2D eigenvalue weighted by Crippen LogP contribution is -2.41. The van der Waals surface area contributed by atoms with Gasteiger partial charge in [-0.15, -0.1) is 0 Å². The van der Waals surface area contributed by atoms with Crippen LogP contribution in [0.2, 0.25) is 0 Å². The van der Waals surface area contributed by atoms with E-state index in [1.165, 1.54) is 6.07 Å². The van der Waals surface area contributed by atoms with Gasteiger partial charge in [0.15, 0.2) is 0 Å². The van der Waals surface area contributed by atoms with Crippen LogP contribution in [0.25, 0.3) is 0 Å². The number of halogens is 2. The van der Waals surface area contributed by atoms with Crippen LogP contribution in [0.15, 0.2) is 24.3 Å². The summed E-state index contributed by atoms with van der Waals surface area (Å²) in [6.07, 6.45) is 0. The molecule has 118 valence electrons. The van der Waals surface area contributed by atoms with E-state index in [1.807, 2.05) is 19.0 Å². The monoisotopic (exact) mass is 301 g/mol. The minimum atomic E-state index is -3.11. The summed E-state index contributed by atoms with van der Waals surface area (Å²) < 4.78 is 31.6. The molecule has 0 saturated carbocycles. The summed E-state index contributed by atoms with van der Waals surface area (Å²) in [5.41, 5.74) is 5.15. The third-order valence-electron chi connectivity index (χ3n) is 2.73. The second kappa shape index (κ2) is 7.90. The lowest BCUT2D eigenvalue weighted by molar-refractivity contribution is 0.0118. The SMILES string of the molecule is CN(C)CCOc1ccccc1C(=O)NCC(F)(F)CN. The van der Waals surface area contributed by atoms with Crippen molar-refractivity contribution >= 4 is 5.91 Å². The second-order valence-corrected chi connectivity index (χ2v) is 4.89. The van der Waals surface area contributed by atoms with E-state index >= 15 is 0 Å². The summed E-state index contributed by atoms with van der Waals surface area (Å²) in [5, 5.41) is 2.17. The molecule has 0 atom stereocenters. The van der Waals surface area contributed by atoms with Gasteiger partial charge < -0.3 is 20.7 Å². The van der Waals surface area contributed by atoms with Crippen molar-refractivity contribution in [1.82, 2.24) is 10.2 Å². The average Bonchev–Trinajstić information content (AvgIpc) is 2.45. The van der Waals surface area contributed by atoms with Gasteiger partial charge in [-0.1, -0.05) is 12.1 Å². The number of nitrogens with zero attached hydrogens (tertiary/aromatic N) is 1. The Bertz CT molecular complexity index is 467. The molecule has 1 rings (SSSR count). The van der Waals surface area contributed by atoms with Crippen LogP contribution >= 0.6 is 0 Å². The molecular formula is C14H21F2N3O2. The first kappa shape index (κ1) is 17.3. The van der Waals surface area contributed by atoms with Crippen LogP contribution in [0.3, 0.4) is 0 Å². The Balaban J connectivity index is 2.66. The van der Waals surface area contributed by atoms with Gasteiger partial charge in [0.1, 0.15) is 12.4 Å². The van der Waals surface area contributed by atoms with E-state index in [2.05, 4.69) is 5.32 Å². The predicted molar refractivity (Wildman–Crippen MR) is 76.8 cm³/mol. The normalized spacial score (nSPS) is 11.5. The zero-order valence-corrected chi connectivity index (χ0v) is 12.2. The average molecular weight is 301 g/mol. The third kappa shape index (κ3) is 6.05. The fraction of sp³-hybridized carbons (Fsp3) is 0.500. The number of amides is 1. The molecule has 1 aromatic rings. The van der Waals surface area contributed by atoms with Gasteiger partial charge in [-0.3, -0.25) is 4.79 Å². The molecule has 0 aromatic heterocycles. The van der Waals surface area contributed by atoms with Crippen molar-refractivity contribution in [2.45, 2.75) is 5.92 Å². The largest absolute Gasteiger partial charge is 0.491 e. The van der Waals surface area contributed by atoms with Gasteiger partial charge in [0, 0.05) is 6.54 Å². The van der Waals surface area contributed by atoms with E-state index in [9.17, 15) is 13.6 Å². The molecule has 0 radical (unpaired) electrons. The summed E-state index contributed by atoms with van der Waals surface area (Å²) in [4.78, 5) is 13.9. The van der Waals surface area contributed by atoms with E-state index in [0.29, 0.717) is 18.9 Å². The maximum absolute atomic E-state index is 13.0. The molecule has 0 bridgehead atoms. The molecule has 21 heavy (non-hydrogen) atoms. The molecule has 1 amide bonds. The quantitative estimate of drug-likeness (QED) is 0.750. The lowest BCUT2D eigenvalue weighted by atomic mass is 10.2. The molecule has 0 unspecified atom stereocenters. The van der Waals surface area contributed by atoms with Crippen LogP contribution in [-0.2, 0) is 0 Å². The molecule has 5 nitrogen and oxygen atoms in total. The number of alkyl halides is 2. The van der Waals surface area contributed by atoms with Crippen molar-refractivity contribution in [3.8, 4) is 5.75 Å². The van der Waals surface area contributed by atoms with Crippen molar-refractivity contribution in [2.24, 2.45) is 5.73 Å². The molecule has 7 heteroatoms. The molecule has 0 aliphatic heterocycles. The Morgan fingerprint density at radius 1 is 1.38 bits per heavy atom. The summed E-state index contributed by atoms with van der Waals surface area (Å²) in [5.74, 6) is -3.35. The van der Waals surface area contributed by atoms with Gasteiger partial charge in [-0.25, -0.2) is 8.78 Å². The highest BCUT2D eigenvalue weighted by Crippen LogP contribution is 2.18. The van der Waals surface area contributed by atoms with Crippen molar-refractivity contribution in [3.63, 3.8) is 0 Å². The van der Waals surface area contributed by atoms with E-state index in [0.717, 1.165) is 0 Å². The van der Waals surface area contributed by atoms with Crippen molar-refractivity contribution < 1.29 is 18.3 Å². The number of ether oxygens (including phenoxy) is 1. The number of hydrogen-bond acceptors (Lipinski definition) is 4. The molecule has 0 aliphatic carbocycles. The first-order valence-electron chi connectivity index (χ1n) is 6.58. The highest BCUT2D eigenvalue weighted by atomic mass is 19.3. The highest BCUT2D eigenvalue weighted by Gasteiger charge is 2.27. The maximum Gasteiger partial charge on any atom is 0.277 e. The molecule has 0 fully saturated rings. The van der Waals surface area contributed by atoms with Gasteiger partial charge in [0.25, 0.3) is 11.8 Å². The highest BCUT2D eigenvalue weighted by molar-refractivity contribution is 5.96. The molecule has 0 aliphatic rings. The van der Waals surface area contributed by atoms with Gasteiger partial charge in [0.2, 0.25) is 0 Å². The van der Waals surface area contributed by atoms with E-state index in [4.69, 9.17) is 10.5 Å². The lowest BCUT2D eigenvalue weighted by Gasteiger charge is -2.16. The molecule has 3 N–H and O–H groups in total. The van der Waals surface area contributed by atoms with Crippen LogP contribution in [0.4, 0.5) is 8.78 Å². The number of benzene rings is 1. The minimum absolute atomic E-state index is 0.226. The van der Waals surface area contributed by atoms with Crippen LogP contribution < -0.4 is 15.8 Å². The zero-order valence-electron chi connectivity index (χ0n) is 12.2. The number of nitrogens with two attached hydrogens (primary N) is 1. The fourth-order valence-corrected chi connectivity index (χ4v) is 1.50. The molecule has 0 saturated heterocycles. The molecule has 0 heterocycles. The molecule has 0 spiro atoms. The Hall–Kier alpha value is -1.73. The van der Waals surface area contributed by atoms with Gasteiger partial charge >= 0.3 is 0 Å². The van der Waals surface area contributed by atoms with Crippen molar-refractivity contribution in [1.29, 1.82) is 0 Å². The Morgan fingerprint density at radius 2 is 2.05 bits per heavy atom. The smallest absolute Gasteiger partial charge is 0.277 e. The van der Waals surface area contributed by atoms with E-state index in [1.54, 1.807) is 18.2 Å². The third-order valence-corrected chi connectivity index (χ3v) is 2.73. The van der Waals surface area contributed by atoms with Crippen LogP contribution in [0.5, 0.6) is 5.75 Å². The first-order valence-corrected chi connectivity index (χ1v) is 6.58. The summed E-state index contributed by atoms with van der Waals surface area (Å²) in [6.45, 7) is -0.528. The van der Waals surface area contributed by atoms with Gasteiger partial charge in [-0.2, -0.15) is 0 Å². The van der Waals surface area contributed by atoms with Gasteiger partial charge in [-0.05, 0) is 26.2 Å². The predicted octanol–water partition coefficient (Wildman–Crippen LogP) is 0.951. The molecular weight excluding hydrogens is 280 g/mol. The first-order chi connectivity index (χ1) is 9.85. The number of carbonyl (C=O) groups is 1. The minimum Gasteiger partial charge on any atom is -0.491 e. The van der Waals surface area contributed by atoms with Crippen LogP contribution in [0, 0.1) is 0 Å². The van der Waals surface area contributed by atoms with Crippen LogP contribution in [0.1, 0.15) is 10.4 Å². The Morgan fingerprint density at radius 3 is 2.67 bits per heavy atom. The Kier molecular flexibility index (Phi) is 6.51. The number of hydrogen-bond donors (Lipinski definition) is 2. The van der Waals surface area contributed by atoms with Crippen molar-refractivity contribution in [3.05, 3.63) is 29.8 Å². The zero-order chi connectivity index (χ0) is 15.9. The Labute approximate surface area is 123 Å². The number of para-hydroxylation sites is 1. The number of rotatable bonds is 8. The topological polar surface area (TPSA) is 67.6 Å². The number of nitrogens with one attached hydrogen (secondary N) is 1. The standard InChI is InChI=1S/C14H21F2N3O2/c1-19(2)7-8-21-12-6-4-3-5-11(12)13(20)18-10-14(15,16)9-17/h3-6H,7-10,17H2,1-2H3,(H,18,20). The maximum atomic E-state index is 13.0. The van der Waals surface area contributed by atoms with Gasteiger partial charge in [0.05, 0.1) is 18.7 Å².